The van der Waals surface area contributed by atoms with Crippen molar-refractivity contribution in [1.82, 2.24) is 9.88 Å². The van der Waals surface area contributed by atoms with Crippen molar-refractivity contribution in [2.45, 2.75) is 52.4 Å². The van der Waals surface area contributed by atoms with Gasteiger partial charge in [-0.05, 0) is 18.9 Å². The monoisotopic (exact) mass is 417 g/mol. The number of amides is 1. The number of hydrogen-bond acceptors (Lipinski definition) is 7. The Labute approximate surface area is 176 Å². The van der Waals surface area contributed by atoms with Gasteiger partial charge in [0.05, 0.1) is 16.8 Å². The molecule has 2 heterocycles. The Bertz CT molecular complexity index is 830. The number of thiazole rings is 1. The summed E-state index contributed by atoms with van der Waals surface area (Å²) in [7, 11) is 0. The lowest BCUT2D eigenvalue weighted by molar-refractivity contribution is -0.131. The van der Waals surface area contributed by atoms with E-state index in [0.717, 1.165) is 60.8 Å². The summed E-state index contributed by atoms with van der Waals surface area (Å²) >= 11 is 1.61. The molecule has 0 bridgehead atoms. The van der Waals surface area contributed by atoms with Crippen molar-refractivity contribution in [2.24, 2.45) is 5.11 Å². The van der Waals surface area contributed by atoms with E-state index < -0.39 is 0 Å². The van der Waals surface area contributed by atoms with E-state index in [1.54, 1.807) is 11.3 Å². The number of piperazine rings is 1. The number of hydrogen-bond donors (Lipinski definition) is 1. The van der Waals surface area contributed by atoms with Crippen LogP contribution in [0.3, 0.4) is 0 Å². The fourth-order valence-electron chi connectivity index (χ4n) is 3.50. The van der Waals surface area contributed by atoms with E-state index in [4.69, 9.17) is 15.3 Å². The molecule has 1 saturated heterocycles. The molecule has 29 heavy (non-hydrogen) atoms. The zero-order chi connectivity index (χ0) is 20.6. The summed E-state index contributed by atoms with van der Waals surface area (Å²) in [5.74, 6) is 0.884. The van der Waals surface area contributed by atoms with Gasteiger partial charge < -0.3 is 14.5 Å². The zero-order valence-corrected chi connectivity index (χ0v) is 18.3. The van der Waals surface area contributed by atoms with Crippen LogP contribution in [-0.4, -0.2) is 48.6 Å². The number of nitrogens with one attached hydrogen (secondary N) is 1. The van der Waals surface area contributed by atoms with Crippen LogP contribution in [0.1, 0.15) is 52.4 Å². The number of carbonyl (C=O) groups excluding carboxylic acids is 1. The molecule has 0 unspecified atom stereocenters. The third kappa shape index (κ3) is 5.44. The molecule has 2 aromatic rings. The van der Waals surface area contributed by atoms with Gasteiger partial charge in [-0.2, -0.15) is 5.11 Å². The van der Waals surface area contributed by atoms with Gasteiger partial charge in [-0.15, -0.1) is 0 Å². The van der Waals surface area contributed by atoms with Crippen LogP contribution in [0, 0.1) is 5.53 Å². The van der Waals surface area contributed by atoms with E-state index in [-0.39, 0.29) is 5.91 Å². The van der Waals surface area contributed by atoms with Gasteiger partial charge in [-0.1, -0.05) is 44.4 Å². The number of benzene rings is 1. The topological polar surface area (TPSA) is 81.9 Å². The van der Waals surface area contributed by atoms with E-state index in [1.165, 1.54) is 12.8 Å². The highest BCUT2D eigenvalue weighted by molar-refractivity contribution is 7.22. The predicted octanol–water partition coefficient (Wildman–Crippen LogP) is 5.37. The smallest absolute Gasteiger partial charge is 0.222 e. The maximum atomic E-state index is 12.1. The number of unbranched alkanes of at least 4 members (excludes halogenated alkanes) is 3. The lowest BCUT2D eigenvalue weighted by Gasteiger charge is -2.34. The fourth-order valence-corrected chi connectivity index (χ4v) is 4.53. The average molecular weight is 418 g/mol. The molecule has 1 aliphatic rings. The third-order valence-electron chi connectivity index (χ3n) is 5.20. The number of rotatable bonds is 10. The largest absolute Gasteiger partial charge is 0.491 e. The molecule has 1 N–H and O–H groups in total. The number of aromatic nitrogens is 1. The van der Waals surface area contributed by atoms with Gasteiger partial charge >= 0.3 is 0 Å². The first kappa shape index (κ1) is 21.5. The molecule has 0 atom stereocenters. The Morgan fingerprint density at radius 1 is 1.17 bits per heavy atom. The highest BCUT2D eigenvalue weighted by Crippen LogP contribution is 2.38. The molecular formula is C21H31N5O2S. The highest BCUT2D eigenvalue weighted by Gasteiger charge is 2.23. The zero-order valence-electron chi connectivity index (χ0n) is 17.4. The van der Waals surface area contributed by atoms with Crippen molar-refractivity contribution in [3.8, 4) is 5.75 Å². The number of ether oxygens (including phenoxy) is 1. The maximum Gasteiger partial charge on any atom is 0.222 e. The van der Waals surface area contributed by atoms with Crippen LogP contribution in [0.4, 0.5) is 10.8 Å². The average Bonchev–Trinajstić information content (AvgIpc) is 3.16. The minimum atomic E-state index is 0.249. The van der Waals surface area contributed by atoms with Gasteiger partial charge in [0.15, 0.2) is 5.13 Å². The first-order valence-electron chi connectivity index (χ1n) is 10.6. The molecule has 158 valence electrons. The normalized spacial score (nSPS) is 14.4. The molecule has 1 aliphatic heterocycles. The first-order valence-corrected chi connectivity index (χ1v) is 11.5. The van der Waals surface area contributed by atoms with Gasteiger partial charge in [0.2, 0.25) is 5.91 Å². The Morgan fingerprint density at radius 3 is 2.66 bits per heavy atom. The number of fused-ring (bicyclic) bond motifs is 1. The third-order valence-corrected chi connectivity index (χ3v) is 6.28. The number of anilines is 1. The van der Waals surface area contributed by atoms with Crippen molar-refractivity contribution < 1.29 is 9.53 Å². The maximum absolute atomic E-state index is 12.1. The van der Waals surface area contributed by atoms with E-state index in [9.17, 15) is 4.79 Å². The van der Waals surface area contributed by atoms with Gasteiger partial charge in [-0.25, -0.2) is 10.5 Å². The van der Waals surface area contributed by atoms with E-state index in [0.29, 0.717) is 24.5 Å². The van der Waals surface area contributed by atoms with Crippen molar-refractivity contribution in [2.75, 3.05) is 37.7 Å². The molecule has 1 aromatic carbocycles. The molecule has 7 nitrogen and oxygen atoms in total. The van der Waals surface area contributed by atoms with Gasteiger partial charge in [-0.3, -0.25) is 4.79 Å². The number of carbonyl (C=O) groups is 1. The minimum absolute atomic E-state index is 0.249. The lowest BCUT2D eigenvalue weighted by Crippen LogP contribution is -2.48. The Hall–Kier alpha value is -2.22. The van der Waals surface area contributed by atoms with E-state index in [2.05, 4.69) is 16.9 Å². The van der Waals surface area contributed by atoms with Crippen LogP contribution >= 0.6 is 11.3 Å². The summed E-state index contributed by atoms with van der Waals surface area (Å²) in [6.45, 7) is 7.95. The van der Waals surface area contributed by atoms with Crippen LogP contribution in [0.15, 0.2) is 17.2 Å². The first-order chi connectivity index (χ1) is 14.2. The minimum Gasteiger partial charge on any atom is -0.491 e. The van der Waals surface area contributed by atoms with Crippen LogP contribution < -0.4 is 9.64 Å². The highest BCUT2D eigenvalue weighted by atomic mass is 32.1. The number of nitrogens with zero attached hydrogens (tertiary/aromatic N) is 4. The Balaban J connectivity index is 1.66. The molecule has 1 amide bonds. The standard InChI is InChI=1S/C21H31N5O2S/c1-3-5-6-7-13-28-18-14-17-19(15-16(18)24-22)29-21(23-17)26-11-9-25(10-12-26)20(27)8-4-2/h14-15,22H,3-13H2,1-2H3. The molecule has 0 radical (unpaired) electrons. The van der Waals surface area contributed by atoms with Crippen molar-refractivity contribution in [3.63, 3.8) is 0 Å². The van der Waals surface area contributed by atoms with E-state index >= 15 is 0 Å². The summed E-state index contributed by atoms with van der Waals surface area (Å²) in [6, 6.07) is 3.80. The molecule has 0 spiro atoms. The molecule has 0 saturated carbocycles. The van der Waals surface area contributed by atoms with Crippen molar-refractivity contribution in [1.29, 1.82) is 5.53 Å². The lowest BCUT2D eigenvalue weighted by atomic mass is 10.2. The molecule has 1 fully saturated rings. The van der Waals surface area contributed by atoms with Gasteiger partial charge in [0.25, 0.3) is 0 Å². The summed E-state index contributed by atoms with van der Waals surface area (Å²) in [4.78, 5) is 21.1. The Kier molecular flexibility index (Phi) is 7.80. The van der Waals surface area contributed by atoms with Crippen LogP contribution in [0.2, 0.25) is 0 Å². The molecule has 0 aliphatic carbocycles. The SMILES string of the molecule is CCCCCCOc1cc2nc(N3CCN(C(=O)CCC)CC3)sc2cc1N=N. The summed E-state index contributed by atoms with van der Waals surface area (Å²) in [5, 5.41) is 4.61. The fraction of sp³-hybridized carbons (Fsp3) is 0.619. The second-order valence-corrected chi connectivity index (χ2v) is 8.43. The van der Waals surface area contributed by atoms with Crippen LogP contribution in [0.5, 0.6) is 5.75 Å². The molecular weight excluding hydrogens is 386 g/mol. The second kappa shape index (κ2) is 10.5. The summed E-state index contributed by atoms with van der Waals surface area (Å²) in [5.41, 5.74) is 8.92. The molecule has 8 heteroatoms. The summed E-state index contributed by atoms with van der Waals surface area (Å²) < 4.78 is 6.90. The van der Waals surface area contributed by atoms with Gasteiger partial charge in [0.1, 0.15) is 11.4 Å². The Morgan fingerprint density at radius 2 is 1.97 bits per heavy atom. The summed E-state index contributed by atoms with van der Waals surface area (Å²) in [6.07, 6.45) is 6.09. The predicted molar refractivity (Wildman–Crippen MR) is 118 cm³/mol. The molecule has 1 aromatic heterocycles. The van der Waals surface area contributed by atoms with E-state index in [1.807, 2.05) is 24.0 Å². The van der Waals surface area contributed by atoms with Crippen molar-refractivity contribution in [3.05, 3.63) is 12.1 Å². The van der Waals surface area contributed by atoms with Crippen LogP contribution in [0.25, 0.3) is 10.2 Å². The van der Waals surface area contributed by atoms with Crippen LogP contribution in [-0.2, 0) is 4.79 Å². The quantitative estimate of drug-likeness (QED) is 0.416. The molecule has 3 rings (SSSR count). The van der Waals surface area contributed by atoms with Gasteiger partial charge in [0, 0.05) is 38.7 Å². The second-order valence-electron chi connectivity index (χ2n) is 7.42. The van der Waals surface area contributed by atoms with Crippen molar-refractivity contribution >= 4 is 38.3 Å².